The molecule has 27 heavy (non-hydrogen) atoms. The Morgan fingerprint density at radius 1 is 0.630 bits per heavy atom. The molecule has 1 aliphatic heterocycles. The van der Waals surface area contributed by atoms with Crippen molar-refractivity contribution in [2.45, 2.75) is 50.6 Å². The molecule has 0 amide bonds. The lowest BCUT2D eigenvalue weighted by atomic mass is 9.84. The number of nitrogens with zero attached hydrogens (tertiary/aromatic N) is 1. The summed E-state index contributed by atoms with van der Waals surface area (Å²) in [5.41, 5.74) is 2.23. The van der Waals surface area contributed by atoms with Crippen molar-refractivity contribution in [1.29, 1.82) is 0 Å². The van der Waals surface area contributed by atoms with Gasteiger partial charge in [0.1, 0.15) is 11.6 Å². The number of rotatable bonds is 5. The molecule has 2 aromatic carbocycles. The van der Waals surface area contributed by atoms with Gasteiger partial charge in [0.05, 0.1) is 6.04 Å². The lowest BCUT2D eigenvalue weighted by molar-refractivity contribution is 0.0573. The molecule has 2 aliphatic carbocycles. The summed E-state index contributed by atoms with van der Waals surface area (Å²) in [7, 11) is 0. The van der Waals surface area contributed by atoms with Crippen LogP contribution < -0.4 is 0 Å². The van der Waals surface area contributed by atoms with E-state index in [9.17, 15) is 8.78 Å². The molecule has 1 saturated heterocycles. The van der Waals surface area contributed by atoms with Crippen LogP contribution in [0.3, 0.4) is 0 Å². The predicted octanol–water partition coefficient (Wildman–Crippen LogP) is 5.95. The minimum atomic E-state index is -0.204. The van der Waals surface area contributed by atoms with Crippen LogP contribution in [0.25, 0.3) is 0 Å². The molecule has 0 spiro atoms. The Kier molecular flexibility index (Phi) is 4.51. The summed E-state index contributed by atoms with van der Waals surface area (Å²) < 4.78 is 27.2. The molecule has 0 aromatic heterocycles. The van der Waals surface area contributed by atoms with Crippen LogP contribution in [0.1, 0.15) is 55.7 Å². The zero-order chi connectivity index (χ0) is 18.4. The fourth-order valence-electron chi connectivity index (χ4n) is 5.15. The highest BCUT2D eigenvalue weighted by molar-refractivity contribution is 5.33. The van der Waals surface area contributed by atoms with Crippen LogP contribution in [-0.4, -0.2) is 17.5 Å². The maximum atomic E-state index is 13.6. The first kappa shape index (κ1) is 17.4. The molecular weight excluding hydrogens is 340 g/mol. The summed E-state index contributed by atoms with van der Waals surface area (Å²) in [5, 5.41) is 0. The van der Waals surface area contributed by atoms with Gasteiger partial charge in [0.25, 0.3) is 0 Å². The Morgan fingerprint density at radius 2 is 1.11 bits per heavy atom. The maximum Gasteiger partial charge on any atom is 0.123 e. The number of halogens is 2. The Morgan fingerprint density at radius 3 is 1.59 bits per heavy atom. The first-order chi connectivity index (χ1) is 13.2. The zero-order valence-corrected chi connectivity index (χ0v) is 15.7. The van der Waals surface area contributed by atoms with Gasteiger partial charge in [-0.2, -0.15) is 0 Å². The lowest BCUT2D eigenvalue weighted by Crippen LogP contribution is -2.47. The maximum absolute atomic E-state index is 13.6. The third-order valence-corrected chi connectivity index (χ3v) is 6.86. The molecule has 2 saturated carbocycles. The first-order valence-corrected chi connectivity index (χ1v) is 10.5. The van der Waals surface area contributed by atoms with E-state index in [0.717, 1.165) is 35.4 Å². The Hall–Kier alpha value is -1.74. The van der Waals surface area contributed by atoms with Crippen LogP contribution in [0.15, 0.2) is 48.5 Å². The molecule has 142 valence electrons. The summed E-state index contributed by atoms with van der Waals surface area (Å²) in [6.07, 6.45) is 8.03. The molecule has 2 atom stereocenters. The van der Waals surface area contributed by atoms with Gasteiger partial charge in [0.2, 0.25) is 0 Å². The van der Waals surface area contributed by atoms with Crippen LogP contribution in [0, 0.1) is 29.4 Å². The van der Waals surface area contributed by atoms with Crippen LogP contribution in [0.5, 0.6) is 0 Å². The normalized spacial score (nSPS) is 26.5. The molecule has 2 aromatic rings. The highest BCUT2D eigenvalue weighted by Crippen LogP contribution is 2.49. The zero-order valence-electron chi connectivity index (χ0n) is 15.7. The second-order valence-electron chi connectivity index (χ2n) is 8.78. The molecule has 1 heterocycles. The van der Waals surface area contributed by atoms with Crippen LogP contribution in [0.2, 0.25) is 0 Å². The number of benzene rings is 2. The highest BCUT2D eigenvalue weighted by Gasteiger charge is 2.45. The van der Waals surface area contributed by atoms with Crippen molar-refractivity contribution in [3.63, 3.8) is 0 Å². The van der Waals surface area contributed by atoms with Gasteiger partial charge in [-0.15, -0.1) is 0 Å². The Labute approximate surface area is 160 Å². The van der Waals surface area contributed by atoms with E-state index in [1.165, 1.54) is 38.5 Å². The molecule has 0 radical (unpaired) electrons. The van der Waals surface area contributed by atoms with E-state index < -0.39 is 0 Å². The minimum absolute atomic E-state index is 0.0818. The number of likely N-dealkylation sites (tertiary alicyclic amines) is 1. The highest BCUT2D eigenvalue weighted by atomic mass is 19.1. The molecule has 1 nitrogen and oxygen atoms in total. The summed E-state index contributed by atoms with van der Waals surface area (Å²) in [6, 6.07) is 14.5. The molecule has 3 heteroatoms. The van der Waals surface area contributed by atoms with Crippen molar-refractivity contribution in [3.8, 4) is 0 Å². The van der Waals surface area contributed by atoms with Gasteiger partial charge >= 0.3 is 0 Å². The molecule has 2 unspecified atom stereocenters. The topological polar surface area (TPSA) is 3.24 Å². The molecule has 3 fully saturated rings. The van der Waals surface area contributed by atoms with Gasteiger partial charge in [0, 0.05) is 12.6 Å². The second kappa shape index (κ2) is 7.01. The van der Waals surface area contributed by atoms with Crippen LogP contribution in [0.4, 0.5) is 8.78 Å². The predicted molar refractivity (Wildman–Crippen MR) is 103 cm³/mol. The molecule has 5 rings (SSSR count). The van der Waals surface area contributed by atoms with Crippen molar-refractivity contribution < 1.29 is 8.78 Å². The van der Waals surface area contributed by atoms with Crippen LogP contribution in [-0.2, 0) is 0 Å². The molecular formula is C24H27F2N. The van der Waals surface area contributed by atoms with Crippen molar-refractivity contribution >= 4 is 0 Å². The fraction of sp³-hybridized carbons (Fsp3) is 0.500. The van der Waals surface area contributed by atoms with Crippen LogP contribution >= 0.6 is 0 Å². The minimum Gasteiger partial charge on any atom is -0.289 e. The average Bonchev–Trinajstić information content (AvgIpc) is 3.57. The van der Waals surface area contributed by atoms with Gasteiger partial charge < -0.3 is 0 Å². The Balaban J connectivity index is 1.54. The fourth-order valence-corrected chi connectivity index (χ4v) is 5.15. The largest absolute Gasteiger partial charge is 0.289 e. The average molecular weight is 367 g/mol. The quantitative estimate of drug-likeness (QED) is 0.631. The van der Waals surface area contributed by atoms with E-state index in [1.54, 1.807) is 24.3 Å². The summed E-state index contributed by atoms with van der Waals surface area (Å²) in [5.74, 6) is 2.07. The van der Waals surface area contributed by atoms with Crippen molar-refractivity contribution in [3.05, 3.63) is 71.3 Å². The van der Waals surface area contributed by atoms with E-state index in [-0.39, 0.29) is 17.7 Å². The smallest absolute Gasteiger partial charge is 0.123 e. The van der Waals surface area contributed by atoms with E-state index >= 15 is 0 Å². The SMILES string of the molecule is Fc1ccc(C(c2ccc(F)cc2)N2CC(C3CC3)CCC2C2CC2)cc1. The third-order valence-electron chi connectivity index (χ3n) is 6.86. The molecule has 0 N–H and O–H groups in total. The number of hydrogen-bond acceptors (Lipinski definition) is 1. The van der Waals surface area contributed by atoms with Gasteiger partial charge in [-0.1, -0.05) is 24.3 Å². The van der Waals surface area contributed by atoms with Gasteiger partial charge in [0.15, 0.2) is 0 Å². The summed E-state index contributed by atoms with van der Waals surface area (Å²) in [4.78, 5) is 2.69. The summed E-state index contributed by atoms with van der Waals surface area (Å²) in [6.45, 7) is 1.12. The molecule has 3 aliphatic rings. The van der Waals surface area contributed by atoms with Gasteiger partial charge in [-0.05, 0) is 91.7 Å². The van der Waals surface area contributed by atoms with E-state index in [2.05, 4.69) is 4.90 Å². The monoisotopic (exact) mass is 367 g/mol. The summed E-state index contributed by atoms with van der Waals surface area (Å²) >= 11 is 0. The van der Waals surface area contributed by atoms with Gasteiger partial charge in [-0.3, -0.25) is 4.90 Å². The van der Waals surface area contributed by atoms with Crippen molar-refractivity contribution in [2.75, 3.05) is 6.54 Å². The second-order valence-corrected chi connectivity index (χ2v) is 8.78. The first-order valence-electron chi connectivity index (χ1n) is 10.5. The van der Waals surface area contributed by atoms with Gasteiger partial charge in [-0.25, -0.2) is 8.78 Å². The number of hydrogen-bond donors (Lipinski definition) is 0. The van der Waals surface area contributed by atoms with Crippen molar-refractivity contribution in [1.82, 2.24) is 4.90 Å². The van der Waals surface area contributed by atoms with E-state index in [4.69, 9.17) is 0 Å². The van der Waals surface area contributed by atoms with E-state index in [1.807, 2.05) is 24.3 Å². The number of piperidine rings is 1. The third kappa shape index (κ3) is 3.67. The standard InChI is InChI=1S/C24H27F2N/c25-21-10-5-18(6-11-21)24(19-7-12-22(26)13-8-19)27-15-20(16-1-2-16)9-14-23(27)17-3-4-17/h5-8,10-13,16-17,20,23-24H,1-4,9,14-15H2. The lowest BCUT2D eigenvalue weighted by Gasteiger charge is -2.45. The Bertz CT molecular complexity index is 732. The van der Waals surface area contributed by atoms with E-state index in [0.29, 0.717) is 6.04 Å². The van der Waals surface area contributed by atoms with Crippen molar-refractivity contribution in [2.24, 2.45) is 17.8 Å². The molecule has 0 bridgehead atoms.